The molecule has 7 nitrogen and oxygen atoms in total. The van der Waals surface area contributed by atoms with E-state index < -0.39 is 0 Å². The number of aromatic nitrogens is 2. The van der Waals surface area contributed by atoms with E-state index in [1.54, 1.807) is 18.2 Å². The van der Waals surface area contributed by atoms with Crippen molar-refractivity contribution < 1.29 is 9.32 Å². The molecule has 2 aromatic rings. The maximum atomic E-state index is 12.1. The van der Waals surface area contributed by atoms with Crippen LogP contribution in [0.2, 0.25) is 5.02 Å². The molecule has 1 atom stereocenters. The Morgan fingerprint density at radius 2 is 2.04 bits per heavy atom. The normalized spacial score (nSPS) is 16.8. The highest BCUT2D eigenvalue weighted by Gasteiger charge is 2.26. The summed E-state index contributed by atoms with van der Waals surface area (Å²) in [6.45, 7) is 9.98. The second kappa shape index (κ2) is 9.12. The van der Waals surface area contributed by atoms with E-state index in [9.17, 15) is 4.79 Å². The first-order chi connectivity index (χ1) is 13.1. The summed E-state index contributed by atoms with van der Waals surface area (Å²) < 4.78 is 5.39. The maximum Gasteiger partial charge on any atom is 0.241 e. The van der Waals surface area contributed by atoms with Gasteiger partial charge in [0.05, 0.1) is 12.6 Å². The SMILES string of the molecule is C=CCNC(=O)C(C)N1CCN(Cc2nc(-c3ccc(Cl)cc3)no2)CC1. The minimum Gasteiger partial charge on any atom is -0.351 e. The van der Waals surface area contributed by atoms with E-state index in [2.05, 4.69) is 31.8 Å². The fraction of sp³-hybridized carbons (Fsp3) is 0.421. The lowest BCUT2D eigenvalue weighted by molar-refractivity contribution is -0.126. The number of rotatable bonds is 7. The molecular weight excluding hydrogens is 366 g/mol. The molecule has 3 rings (SSSR count). The average Bonchev–Trinajstić information content (AvgIpc) is 3.15. The molecule has 1 saturated heterocycles. The van der Waals surface area contributed by atoms with Gasteiger partial charge < -0.3 is 9.84 Å². The number of nitrogens with one attached hydrogen (secondary N) is 1. The second-order valence-corrected chi connectivity index (χ2v) is 6.98. The number of hydrogen-bond donors (Lipinski definition) is 1. The first kappa shape index (κ1) is 19.5. The summed E-state index contributed by atoms with van der Waals surface area (Å²) in [4.78, 5) is 21.0. The molecule has 1 N–H and O–H groups in total. The minimum absolute atomic E-state index is 0.0351. The zero-order chi connectivity index (χ0) is 19.2. The smallest absolute Gasteiger partial charge is 0.241 e. The van der Waals surface area contributed by atoms with Crippen molar-refractivity contribution >= 4 is 17.5 Å². The summed E-state index contributed by atoms with van der Waals surface area (Å²) in [7, 11) is 0. The van der Waals surface area contributed by atoms with Gasteiger partial charge in [0.15, 0.2) is 0 Å². The van der Waals surface area contributed by atoms with Gasteiger partial charge in [-0.05, 0) is 31.2 Å². The molecule has 1 aromatic heterocycles. The molecule has 0 bridgehead atoms. The van der Waals surface area contributed by atoms with Crippen LogP contribution in [0.15, 0.2) is 41.4 Å². The topological polar surface area (TPSA) is 74.5 Å². The lowest BCUT2D eigenvalue weighted by Gasteiger charge is -2.36. The number of carbonyl (C=O) groups excluding carboxylic acids is 1. The molecule has 0 radical (unpaired) electrons. The number of amides is 1. The molecule has 1 unspecified atom stereocenters. The van der Waals surface area contributed by atoms with Crippen LogP contribution in [0, 0.1) is 0 Å². The molecule has 27 heavy (non-hydrogen) atoms. The summed E-state index contributed by atoms with van der Waals surface area (Å²) in [5.41, 5.74) is 0.874. The first-order valence-electron chi connectivity index (χ1n) is 9.00. The third-order valence-electron chi connectivity index (χ3n) is 4.68. The molecule has 1 aliphatic rings. The van der Waals surface area contributed by atoms with Crippen molar-refractivity contribution in [3.05, 3.63) is 47.8 Å². The zero-order valence-electron chi connectivity index (χ0n) is 15.4. The van der Waals surface area contributed by atoms with Crippen molar-refractivity contribution in [1.29, 1.82) is 0 Å². The Hall–Kier alpha value is -2.22. The summed E-state index contributed by atoms with van der Waals surface area (Å²) in [5.74, 6) is 1.19. The van der Waals surface area contributed by atoms with Crippen LogP contribution < -0.4 is 5.32 Å². The quantitative estimate of drug-likeness (QED) is 0.732. The Balaban J connectivity index is 1.50. The number of benzene rings is 1. The summed E-state index contributed by atoms with van der Waals surface area (Å²) >= 11 is 5.91. The van der Waals surface area contributed by atoms with Crippen LogP contribution in [-0.2, 0) is 11.3 Å². The Morgan fingerprint density at radius 1 is 1.33 bits per heavy atom. The molecular formula is C19H24ClN5O2. The molecule has 2 heterocycles. The van der Waals surface area contributed by atoms with Crippen molar-refractivity contribution in [3.63, 3.8) is 0 Å². The van der Waals surface area contributed by atoms with Gasteiger partial charge in [-0.25, -0.2) is 0 Å². The highest BCUT2D eigenvalue weighted by molar-refractivity contribution is 6.30. The molecule has 0 aliphatic carbocycles. The van der Waals surface area contributed by atoms with Gasteiger partial charge in [-0.15, -0.1) is 6.58 Å². The summed E-state index contributed by atoms with van der Waals surface area (Å²) in [5, 5.41) is 7.57. The van der Waals surface area contributed by atoms with E-state index in [-0.39, 0.29) is 11.9 Å². The fourth-order valence-electron chi connectivity index (χ4n) is 3.02. The van der Waals surface area contributed by atoms with Crippen LogP contribution in [0.5, 0.6) is 0 Å². The van der Waals surface area contributed by atoms with Gasteiger partial charge >= 0.3 is 0 Å². The number of halogens is 1. The van der Waals surface area contributed by atoms with Gasteiger partial charge in [0.25, 0.3) is 0 Å². The van der Waals surface area contributed by atoms with E-state index in [1.165, 1.54) is 0 Å². The third-order valence-corrected chi connectivity index (χ3v) is 4.94. The van der Waals surface area contributed by atoms with Gasteiger partial charge in [-0.1, -0.05) is 22.8 Å². The van der Waals surface area contributed by atoms with E-state index in [0.717, 1.165) is 31.7 Å². The number of carbonyl (C=O) groups is 1. The molecule has 1 fully saturated rings. The summed E-state index contributed by atoms with van der Waals surface area (Å²) in [6.07, 6.45) is 1.69. The first-order valence-corrected chi connectivity index (χ1v) is 9.38. The van der Waals surface area contributed by atoms with E-state index in [1.807, 2.05) is 19.1 Å². The monoisotopic (exact) mass is 389 g/mol. The number of hydrogen-bond acceptors (Lipinski definition) is 6. The van der Waals surface area contributed by atoms with Crippen LogP contribution in [0.1, 0.15) is 12.8 Å². The Kier molecular flexibility index (Phi) is 6.60. The van der Waals surface area contributed by atoms with E-state index in [0.29, 0.717) is 29.8 Å². The van der Waals surface area contributed by atoms with Crippen LogP contribution >= 0.6 is 11.6 Å². The van der Waals surface area contributed by atoms with E-state index in [4.69, 9.17) is 16.1 Å². The highest BCUT2D eigenvalue weighted by Crippen LogP contribution is 2.19. The second-order valence-electron chi connectivity index (χ2n) is 6.54. The number of nitrogens with zero attached hydrogens (tertiary/aromatic N) is 4. The Bertz CT molecular complexity index is 769. The van der Waals surface area contributed by atoms with Crippen LogP contribution in [0.3, 0.4) is 0 Å². The molecule has 1 aromatic carbocycles. The molecule has 0 saturated carbocycles. The molecule has 144 valence electrons. The molecule has 8 heteroatoms. The van der Waals surface area contributed by atoms with Crippen molar-refractivity contribution in [2.45, 2.75) is 19.5 Å². The zero-order valence-corrected chi connectivity index (χ0v) is 16.2. The third kappa shape index (κ3) is 5.15. The van der Waals surface area contributed by atoms with Crippen LogP contribution in [0.25, 0.3) is 11.4 Å². The maximum absolute atomic E-state index is 12.1. The van der Waals surface area contributed by atoms with Crippen LogP contribution in [-0.4, -0.2) is 64.6 Å². The average molecular weight is 390 g/mol. The standard InChI is InChI=1S/C19H24ClN5O2/c1-3-8-21-19(26)14(2)25-11-9-24(10-12-25)13-17-22-18(23-27-17)15-4-6-16(20)7-5-15/h3-7,14H,1,8-13H2,2H3,(H,21,26). The molecule has 1 aliphatic heterocycles. The van der Waals surface area contributed by atoms with Gasteiger partial charge in [-0.3, -0.25) is 14.6 Å². The minimum atomic E-state index is -0.146. The highest BCUT2D eigenvalue weighted by atomic mass is 35.5. The Morgan fingerprint density at radius 3 is 2.70 bits per heavy atom. The van der Waals surface area contributed by atoms with Crippen molar-refractivity contribution in [2.75, 3.05) is 32.7 Å². The number of piperazine rings is 1. The van der Waals surface area contributed by atoms with Gasteiger partial charge in [0.1, 0.15) is 0 Å². The van der Waals surface area contributed by atoms with Crippen molar-refractivity contribution in [1.82, 2.24) is 25.3 Å². The van der Waals surface area contributed by atoms with Crippen LogP contribution in [0.4, 0.5) is 0 Å². The largest absolute Gasteiger partial charge is 0.351 e. The van der Waals surface area contributed by atoms with Gasteiger partial charge in [0, 0.05) is 43.3 Å². The predicted octanol–water partition coefficient (Wildman–Crippen LogP) is 2.20. The molecule has 0 spiro atoms. The molecule has 1 amide bonds. The fourth-order valence-corrected chi connectivity index (χ4v) is 3.15. The van der Waals surface area contributed by atoms with Gasteiger partial charge in [0.2, 0.25) is 17.6 Å². The van der Waals surface area contributed by atoms with Gasteiger partial charge in [-0.2, -0.15) is 4.98 Å². The lowest BCUT2D eigenvalue weighted by Crippen LogP contribution is -2.53. The predicted molar refractivity (Wildman–Crippen MR) is 104 cm³/mol. The lowest BCUT2D eigenvalue weighted by atomic mass is 10.2. The van der Waals surface area contributed by atoms with E-state index >= 15 is 0 Å². The van der Waals surface area contributed by atoms with Crippen molar-refractivity contribution in [2.24, 2.45) is 0 Å². The summed E-state index contributed by atoms with van der Waals surface area (Å²) in [6, 6.07) is 7.20. The Labute approximate surface area is 164 Å². The van der Waals surface area contributed by atoms with Crippen molar-refractivity contribution in [3.8, 4) is 11.4 Å².